The minimum absolute atomic E-state index is 0.0596. The molecule has 1 rings (SSSR count). The van der Waals surface area contributed by atoms with Crippen LogP contribution in [0.2, 0.25) is 0 Å². The van der Waals surface area contributed by atoms with E-state index < -0.39 is 11.9 Å². The van der Waals surface area contributed by atoms with Crippen molar-refractivity contribution >= 4 is 11.9 Å². The zero-order chi connectivity index (χ0) is 16.5. The van der Waals surface area contributed by atoms with Crippen LogP contribution in [0, 0.1) is 11.8 Å². The molecule has 0 N–H and O–H groups in total. The molecule has 0 radical (unpaired) electrons. The Bertz CT molecular complexity index is 450. The maximum Gasteiger partial charge on any atom is 0.373 e. The Hall–Kier alpha value is -1.92. The number of hydrogen-bond donors (Lipinski definition) is 0. The van der Waals surface area contributed by atoms with E-state index in [1.54, 1.807) is 12.1 Å². The number of rotatable bonds is 8. The summed E-state index contributed by atoms with van der Waals surface area (Å²) in [5.74, 6) is -1.07. The van der Waals surface area contributed by atoms with E-state index in [4.69, 9.17) is 9.78 Å². The second kappa shape index (κ2) is 9.17. The van der Waals surface area contributed by atoms with Crippen LogP contribution in [0.15, 0.2) is 24.3 Å². The van der Waals surface area contributed by atoms with Crippen molar-refractivity contribution in [3.05, 3.63) is 35.4 Å². The molecule has 0 bridgehead atoms. The van der Waals surface area contributed by atoms with Gasteiger partial charge >= 0.3 is 11.9 Å². The Labute approximate surface area is 130 Å². The standard InChI is InChI=1S/C16H22O6/c1-11(2)9-19-21-15(17)13-7-5-6-8-14(13)16(18)22-20-10-12(3)4/h5-8,11-12H,9-10H2,1-4H3. The van der Waals surface area contributed by atoms with Crippen molar-refractivity contribution in [2.45, 2.75) is 27.7 Å². The van der Waals surface area contributed by atoms with E-state index >= 15 is 0 Å². The fourth-order valence-corrected chi connectivity index (χ4v) is 1.38. The van der Waals surface area contributed by atoms with Gasteiger partial charge in [-0.15, -0.1) is 0 Å². The van der Waals surface area contributed by atoms with Gasteiger partial charge in [-0.3, -0.25) is 9.78 Å². The summed E-state index contributed by atoms with van der Waals surface area (Å²) in [6.45, 7) is 8.23. The molecule has 0 saturated heterocycles. The van der Waals surface area contributed by atoms with Crippen molar-refractivity contribution in [1.82, 2.24) is 0 Å². The third-order valence-corrected chi connectivity index (χ3v) is 2.44. The first-order valence-electron chi connectivity index (χ1n) is 7.18. The van der Waals surface area contributed by atoms with E-state index in [0.29, 0.717) is 0 Å². The van der Waals surface area contributed by atoms with Gasteiger partial charge in [-0.05, 0) is 24.0 Å². The fraction of sp³-hybridized carbons (Fsp3) is 0.500. The summed E-state index contributed by atoms with van der Waals surface area (Å²) in [6.07, 6.45) is 0. The highest BCUT2D eigenvalue weighted by atomic mass is 17.2. The van der Waals surface area contributed by atoms with E-state index in [0.717, 1.165) is 0 Å². The van der Waals surface area contributed by atoms with Gasteiger partial charge in [0.1, 0.15) is 0 Å². The van der Waals surface area contributed by atoms with Crippen molar-refractivity contribution in [2.75, 3.05) is 13.2 Å². The molecular weight excluding hydrogens is 288 g/mol. The van der Waals surface area contributed by atoms with E-state index in [1.165, 1.54) is 12.1 Å². The van der Waals surface area contributed by atoms with E-state index in [9.17, 15) is 9.59 Å². The van der Waals surface area contributed by atoms with Crippen LogP contribution >= 0.6 is 0 Å². The van der Waals surface area contributed by atoms with E-state index in [1.807, 2.05) is 27.7 Å². The summed E-state index contributed by atoms with van der Waals surface area (Å²) in [6, 6.07) is 6.15. The van der Waals surface area contributed by atoms with Crippen molar-refractivity contribution in [1.29, 1.82) is 0 Å². The van der Waals surface area contributed by atoms with Crippen LogP contribution in [-0.2, 0) is 19.6 Å². The lowest BCUT2D eigenvalue weighted by molar-refractivity contribution is -0.248. The largest absolute Gasteiger partial charge is 0.373 e. The molecule has 0 aliphatic carbocycles. The lowest BCUT2D eigenvalue weighted by atomic mass is 10.1. The molecular formula is C16H22O6. The average molecular weight is 310 g/mol. The van der Waals surface area contributed by atoms with Crippen LogP contribution in [0.1, 0.15) is 48.4 Å². The van der Waals surface area contributed by atoms with Gasteiger partial charge < -0.3 is 0 Å². The second-order valence-corrected chi connectivity index (χ2v) is 5.64. The molecule has 6 nitrogen and oxygen atoms in total. The number of carbonyl (C=O) groups is 2. The summed E-state index contributed by atoms with van der Waals surface area (Å²) in [5.41, 5.74) is 0.119. The van der Waals surface area contributed by atoms with Gasteiger partial charge in [0.2, 0.25) is 0 Å². The molecule has 0 aliphatic heterocycles. The van der Waals surface area contributed by atoms with E-state index in [2.05, 4.69) is 9.78 Å². The first-order chi connectivity index (χ1) is 10.4. The first kappa shape index (κ1) is 18.1. The van der Waals surface area contributed by atoms with Crippen LogP contribution < -0.4 is 0 Å². The number of hydrogen-bond acceptors (Lipinski definition) is 6. The molecule has 1 aromatic carbocycles. The zero-order valence-corrected chi connectivity index (χ0v) is 13.3. The average Bonchev–Trinajstić information content (AvgIpc) is 2.46. The van der Waals surface area contributed by atoms with Crippen LogP contribution in [0.4, 0.5) is 0 Å². The van der Waals surface area contributed by atoms with Crippen LogP contribution in [0.3, 0.4) is 0 Å². The molecule has 0 unspecified atom stereocenters. The summed E-state index contributed by atoms with van der Waals surface area (Å²) in [4.78, 5) is 42.9. The summed E-state index contributed by atoms with van der Waals surface area (Å²) < 4.78 is 0. The van der Waals surface area contributed by atoms with Crippen LogP contribution in [0.5, 0.6) is 0 Å². The normalized spacial score (nSPS) is 10.8. The van der Waals surface area contributed by atoms with Gasteiger partial charge in [0.15, 0.2) is 0 Å². The van der Waals surface area contributed by atoms with Crippen LogP contribution in [-0.4, -0.2) is 25.2 Å². The highest BCUT2D eigenvalue weighted by Gasteiger charge is 2.20. The van der Waals surface area contributed by atoms with Crippen LogP contribution in [0.25, 0.3) is 0 Å². The topological polar surface area (TPSA) is 71.1 Å². The minimum atomic E-state index is -0.753. The SMILES string of the molecule is CC(C)COOC(=O)c1ccccc1C(=O)OOCC(C)C. The van der Waals surface area contributed by atoms with Gasteiger partial charge in [-0.25, -0.2) is 9.59 Å². The molecule has 0 spiro atoms. The van der Waals surface area contributed by atoms with Crippen molar-refractivity contribution in [3.63, 3.8) is 0 Å². The Morgan fingerprint density at radius 3 is 1.50 bits per heavy atom. The van der Waals surface area contributed by atoms with Crippen molar-refractivity contribution in [2.24, 2.45) is 11.8 Å². The summed E-state index contributed by atoms with van der Waals surface area (Å²) in [7, 11) is 0. The maximum atomic E-state index is 11.9. The third kappa shape index (κ3) is 6.24. The van der Waals surface area contributed by atoms with E-state index in [-0.39, 0.29) is 36.2 Å². The lowest BCUT2D eigenvalue weighted by Gasteiger charge is -2.09. The molecule has 0 saturated carbocycles. The molecule has 6 heteroatoms. The quantitative estimate of drug-likeness (QED) is 0.542. The second-order valence-electron chi connectivity index (χ2n) is 5.64. The molecule has 0 heterocycles. The molecule has 1 aromatic rings. The number of carbonyl (C=O) groups excluding carboxylic acids is 2. The highest BCUT2D eigenvalue weighted by Crippen LogP contribution is 2.13. The minimum Gasteiger partial charge on any atom is -0.293 e. The monoisotopic (exact) mass is 310 g/mol. The molecule has 122 valence electrons. The molecule has 0 fully saturated rings. The Morgan fingerprint density at radius 2 is 1.18 bits per heavy atom. The lowest BCUT2D eigenvalue weighted by Crippen LogP contribution is -2.16. The Kier molecular flexibility index (Phi) is 7.56. The Morgan fingerprint density at radius 1 is 0.818 bits per heavy atom. The molecule has 0 amide bonds. The Balaban J connectivity index is 2.68. The van der Waals surface area contributed by atoms with Gasteiger partial charge in [0, 0.05) is 0 Å². The van der Waals surface area contributed by atoms with Gasteiger partial charge in [-0.2, -0.15) is 9.78 Å². The van der Waals surface area contributed by atoms with Gasteiger partial charge in [0.05, 0.1) is 24.3 Å². The van der Waals surface area contributed by atoms with Gasteiger partial charge in [0.25, 0.3) is 0 Å². The summed E-state index contributed by atoms with van der Waals surface area (Å²) >= 11 is 0. The molecule has 22 heavy (non-hydrogen) atoms. The predicted molar refractivity (Wildman–Crippen MR) is 78.9 cm³/mol. The molecule has 0 aromatic heterocycles. The first-order valence-corrected chi connectivity index (χ1v) is 7.18. The van der Waals surface area contributed by atoms with Crippen molar-refractivity contribution in [3.8, 4) is 0 Å². The maximum absolute atomic E-state index is 11.9. The highest BCUT2D eigenvalue weighted by molar-refractivity contribution is 6.02. The zero-order valence-electron chi connectivity index (χ0n) is 13.3. The fourth-order valence-electron chi connectivity index (χ4n) is 1.38. The molecule has 0 aliphatic rings. The summed E-state index contributed by atoms with van der Waals surface area (Å²) in [5, 5.41) is 0. The molecule has 0 atom stereocenters. The third-order valence-electron chi connectivity index (χ3n) is 2.44. The smallest absolute Gasteiger partial charge is 0.293 e. The number of benzene rings is 1. The van der Waals surface area contributed by atoms with Gasteiger partial charge in [-0.1, -0.05) is 39.8 Å². The predicted octanol–water partition coefficient (Wildman–Crippen LogP) is 3.18. The van der Waals surface area contributed by atoms with Crippen molar-refractivity contribution < 1.29 is 29.1 Å².